The van der Waals surface area contributed by atoms with Crippen molar-refractivity contribution in [2.45, 2.75) is 31.2 Å². The molecule has 2 fully saturated rings. The maximum Gasteiger partial charge on any atom is 0.230 e. The fourth-order valence-corrected chi connectivity index (χ4v) is 3.36. The molecule has 4 nitrogen and oxygen atoms in total. The number of halogens is 1. The first kappa shape index (κ1) is 16.0. The Hall–Kier alpha value is -0.910. The van der Waals surface area contributed by atoms with E-state index in [4.69, 9.17) is 4.74 Å². The Kier molecular flexibility index (Phi) is 4.85. The number of hydrogen-bond acceptors (Lipinski definition) is 3. The van der Waals surface area contributed by atoms with Gasteiger partial charge in [0.15, 0.2) is 0 Å². The third kappa shape index (κ3) is 3.36. The molecule has 0 radical (unpaired) electrons. The van der Waals surface area contributed by atoms with Crippen LogP contribution >= 0.6 is 15.9 Å². The standard InChI is InChI=1S/C17H23BrN2O2/c1-13(20-8-10-22-11-9-20)12-19-16(21)17(6-7-17)14-2-4-15(18)5-3-14/h2-5,13H,6-12H2,1H3,(H,19,21). The molecule has 0 bridgehead atoms. The van der Waals surface area contributed by atoms with Crippen LogP contribution in [0, 0.1) is 0 Å². The SMILES string of the molecule is CC(CNC(=O)C1(c2ccc(Br)cc2)CC1)N1CCOCC1. The zero-order valence-electron chi connectivity index (χ0n) is 13.0. The number of nitrogens with zero attached hydrogens (tertiary/aromatic N) is 1. The van der Waals surface area contributed by atoms with E-state index in [-0.39, 0.29) is 11.3 Å². The zero-order valence-corrected chi connectivity index (χ0v) is 14.6. The summed E-state index contributed by atoms with van der Waals surface area (Å²) in [6.07, 6.45) is 1.90. The Morgan fingerprint density at radius 3 is 2.55 bits per heavy atom. The molecule has 2 aliphatic rings. The Morgan fingerprint density at radius 2 is 1.95 bits per heavy atom. The number of rotatable bonds is 5. The summed E-state index contributed by atoms with van der Waals surface area (Å²) in [6.45, 7) is 6.37. The molecule has 22 heavy (non-hydrogen) atoms. The Balaban J connectivity index is 1.56. The van der Waals surface area contributed by atoms with Crippen molar-refractivity contribution in [2.24, 2.45) is 0 Å². The van der Waals surface area contributed by atoms with Crippen LogP contribution in [0.2, 0.25) is 0 Å². The van der Waals surface area contributed by atoms with E-state index in [0.717, 1.165) is 49.2 Å². The van der Waals surface area contributed by atoms with Crippen LogP contribution in [-0.4, -0.2) is 49.7 Å². The minimum atomic E-state index is -0.286. The first-order valence-corrected chi connectivity index (χ1v) is 8.77. The van der Waals surface area contributed by atoms with Crippen molar-refractivity contribution < 1.29 is 9.53 Å². The molecule has 1 aliphatic heterocycles. The molecule has 0 aromatic heterocycles. The molecule has 1 saturated carbocycles. The second kappa shape index (κ2) is 6.69. The topological polar surface area (TPSA) is 41.6 Å². The van der Waals surface area contributed by atoms with Crippen LogP contribution in [-0.2, 0) is 14.9 Å². The number of hydrogen-bond donors (Lipinski definition) is 1. The van der Waals surface area contributed by atoms with E-state index in [2.05, 4.69) is 45.2 Å². The summed E-state index contributed by atoms with van der Waals surface area (Å²) in [5.41, 5.74) is 0.845. The van der Waals surface area contributed by atoms with Gasteiger partial charge in [-0.3, -0.25) is 9.69 Å². The van der Waals surface area contributed by atoms with Gasteiger partial charge in [0.25, 0.3) is 0 Å². The zero-order chi connectivity index (χ0) is 15.6. The maximum atomic E-state index is 12.6. The molecular formula is C17H23BrN2O2. The van der Waals surface area contributed by atoms with E-state index >= 15 is 0 Å². The number of benzene rings is 1. The third-order valence-corrected chi connectivity index (χ3v) is 5.34. The maximum absolute atomic E-state index is 12.6. The molecule has 1 amide bonds. The minimum Gasteiger partial charge on any atom is -0.379 e. The fraction of sp³-hybridized carbons (Fsp3) is 0.588. The normalized spacial score (nSPS) is 22.1. The number of carbonyl (C=O) groups excluding carboxylic acids is 1. The molecule has 1 aromatic rings. The molecule has 3 rings (SSSR count). The first-order chi connectivity index (χ1) is 10.6. The Labute approximate surface area is 140 Å². The highest BCUT2D eigenvalue weighted by Crippen LogP contribution is 2.48. The summed E-state index contributed by atoms with van der Waals surface area (Å²) in [5, 5.41) is 3.16. The average molecular weight is 367 g/mol. The second-order valence-electron chi connectivity index (χ2n) is 6.30. The molecule has 0 spiro atoms. The third-order valence-electron chi connectivity index (χ3n) is 4.81. The predicted octanol–water partition coefficient (Wildman–Crippen LogP) is 2.32. The van der Waals surface area contributed by atoms with Gasteiger partial charge in [-0.05, 0) is 37.5 Å². The minimum absolute atomic E-state index is 0.176. The lowest BCUT2D eigenvalue weighted by Gasteiger charge is -2.32. The first-order valence-electron chi connectivity index (χ1n) is 7.98. The molecule has 1 aliphatic carbocycles. The van der Waals surface area contributed by atoms with Gasteiger partial charge in [0.1, 0.15) is 0 Å². The highest BCUT2D eigenvalue weighted by atomic mass is 79.9. The summed E-state index contributed by atoms with van der Waals surface area (Å²) in [7, 11) is 0. The molecule has 1 aromatic carbocycles. The van der Waals surface area contributed by atoms with E-state index < -0.39 is 0 Å². The van der Waals surface area contributed by atoms with Gasteiger partial charge in [0, 0.05) is 30.1 Å². The van der Waals surface area contributed by atoms with Crippen molar-refractivity contribution in [3.8, 4) is 0 Å². The van der Waals surface area contributed by atoms with Crippen LogP contribution in [0.15, 0.2) is 28.7 Å². The lowest BCUT2D eigenvalue weighted by Crippen LogP contribution is -2.48. The smallest absolute Gasteiger partial charge is 0.230 e. The van der Waals surface area contributed by atoms with Gasteiger partial charge in [-0.15, -0.1) is 0 Å². The van der Waals surface area contributed by atoms with Gasteiger partial charge in [0.05, 0.1) is 18.6 Å². The van der Waals surface area contributed by atoms with E-state index in [1.807, 2.05) is 12.1 Å². The van der Waals surface area contributed by atoms with Gasteiger partial charge in [-0.2, -0.15) is 0 Å². The predicted molar refractivity (Wildman–Crippen MR) is 89.9 cm³/mol. The highest BCUT2D eigenvalue weighted by Gasteiger charge is 2.51. The Bertz CT molecular complexity index is 522. The van der Waals surface area contributed by atoms with Gasteiger partial charge in [-0.25, -0.2) is 0 Å². The molecular weight excluding hydrogens is 344 g/mol. The lowest BCUT2D eigenvalue weighted by molar-refractivity contribution is -0.123. The van der Waals surface area contributed by atoms with Crippen molar-refractivity contribution in [3.63, 3.8) is 0 Å². The van der Waals surface area contributed by atoms with Crippen molar-refractivity contribution in [1.82, 2.24) is 10.2 Å². The molecule has 5 heteroatoms. The van der Waals surface area contributed by atoms with Crippen LogP contribution in [0.5, 0.6) is 0 Å². The molecule has 1 N–H and O–H groups in total. The van der Waals surface area contributed by atoms with Gasteiger partial charge in [0.2, 0.25) is 5.91 Å². The number of carbonyl (C=O) groups is 1. The molecule has 1 heterocycles. The van der Waals surface area contributed by atoms with Gasteiger partial charge in [-0.1, -0.05) is 28.1 Å². The second-order valence-corrected chi connectivity index (χ2v) is 7.21. The van der Waals surface area contributed by atoms with Crippen LogP contribution in [0.3, 0.4) is 0 Å². The van der Waals surface area contributed by atoms with Gasteiger partial charge >= 0.3 is 0 Å². The summed E-state index contributed by atoms with van der Waals surface area (Å²) in [5.74, 6) is 0.176. The highest BCUT2D eigenvalue weighted by molar-refractivity contribution is 9.10. The van der Waals surface area contributed by atoms with E-state index in [1.54, 1.807) is 0 Å². The molecule has 1 atom stereocenters. The van der Waals surface area contributed by atoms with E-state index in [1.165, 1.54) is 0 Å². The van der Waals surface area contributed by atoms with Crippen LogP contribution in [0.1, 0.15) is 25.3 Å². The van der Waals surface area contributed by atoms with Crippen LogP contribution in [0.4, 0.5) is 0 Å². The van der Waals surface area contributed by atoms with Crippen molar-refractivity contribution in [2.75, 3.05) is 32.8 Å². The molecule has 120 valence electrons. The quantitative estimate of drug-likeness (QED) is 0.869. The molecule has 1 unspecified atom stereocenters. The largest absolute Gasteiger partial charge is 0.379 e. The fourth-order valence-electron chi connectivity index (χ4n) is 3.10. The summed E-state index contributed by atoms with van der Waals surface area (Å²) in [4.78, 5) is 15.0. The number of morpholine rings is 1. The number of ether oxygens (including phenoxy) is 1. The summed E-state index contributed by atoms with van der Waals surface area (Å²) >= 11 is 3.45. The monoisotopic (exact) mass is 366 g/mol. The average Bonchev–Trinajstić information content (AvgIpc) is 3.35. The number of nitrogens with one attached hydrogen (secondary N) is 1. The lowest BCUT2D eigenvalue weighted by atomic mass is 9.95. The van der Waals surface area contributed by atoms with Crippen molar-refractivity contribution in [1.29, 1.82) is 0 Å². The van der Waals surface area contributed by atoms with Crippen LogP contribution < -0.4 is 5.32 Å². The van der Waals surface area contributed by atoms with Crippen molar-refractivity contribution in [3.05, 3.63) is 34.3 Å². The molecule has 1 saturated heterocycles. The summed E-state index contributed by atoms with van der Waals surface area (Å²) in [6, 6.07) is 8.50. The van der Waals surface area contributed by atoms with E-state index in [9.17, 15) is 4.79 Å². The van der Waals surface area contributed by atoms with Crippen LogP contribution in [0.25, 0.3) is 0 Å². The van der Waals surface area contributed by atoms with E-state index in [0.29, 0.717) is 12.6 Å². The number of amides is 1. The Morgan fingerprint density at radius 1 is 1.32 bits per heavy atom. The summed E-state index contributed by atoms with van der Waals surface area (Å²) < 4.78 is 6.42. The van der Waals surface area contributed by atoms with Gasteiger partial charge < -0.3 is 10.1 Å². The van der Waals surface area contributed by atoms with Crippen molar-refractivity contribution >= 4 is 21.8 Å².